The van der Waals surface area contributed by atoms with Gasteiger partial charge in [-0.1, -0.05) is 0 Å². The first-order chi connectivity index (χ1) is 12.9. The molecular formula is C14H39N3O7Si3. The van der Waals surface area contributed by atoms with Gasteiger partial charge in [0.25, 0.3) is 0 Å². The molecule has 0 aliphatic heterocycles. The van der Waals surface area contributed by atoms with Crippen LogP contribution in [0.5, 0.6) is 0 Å². The monoisotopic (exact) mass is 445 g/mol. The summed E-state index contributed by atoms with van der Waals surface area (Å²) in [5, 5.41) is 0. The van der Waals surface area contributed by atoms with Crippen LogP contribution in [0.3, 0.4) is 0 Å². The van der Waals surface area contributed by atoms with E-state index in [2.05, 4.69) is 0 Å². The van der Waals surface area contributed by atoms with Crippen LogP contribution in [0.4, 0.5) is 0 Å². The molecule has 0 atom stereocenters. The van der Waals surface area contributed by atoms with Gasteiger partial charge in [-0.05, 0) is 38.9 Å². The molecule has 0 aromatic heterocycles. The van der Waals surface area contributed by atoms with Crippen LogP contribution in [0.25, 0.3) is 0 Å². The van der Waals surface area contributed by atoms with E-state index in [1.807, 2.05) is 0 Å². The van der Waals surface area contributed by atoms with Gasteiger partial charge in [0.05, 0.1) is 0 Å². The highest BCUT2D eigenvalue weighted by molar-refractivity contribution is 6.80. The molecule has 0 aromatic carbocycles. The molecule has 0 unspecified atom stereocenters. The molecule has 0 aliphatic carbocycles. The van der Waals surface area contributed by atoms with Crippen molar-refractivity contribution >= 4 is 26.4 Å². The molecule has 10 nitrogen and oxygen atoms in total. The molecule has 0 spiro atoms. The highest BCUT2D eigenvalue weighted by atomic mass is 28.5. The van der Waals surface area contributed by atoms with Crippen molar-refractivity contribution in [1.82, 2.24) is 0 Å². The van der Waals surface area contributed by atoms with Crippen molar-refractivity contribution in [3.63, 3.8) is 0 Å². The summed E-state index contributed by atoms with van der Waals surface area (Å²) >= 11 is 0. The molecule has 13 heteroatoms. The van der Waals surface area contributed by atoms with Crippen molar-refractivity contribution in [2.24, 2.45) is 17.2 Å². The van der Waals surface area contributed by atoms with E-state index in [1.165, 1.54) is 0 Å². The van der Waals surface area contributed by atoms with Gasteiger partial charge in [-0.2, -0.15) is 0 Å². The normalized spacial score (nSPS) is 13.3. The van der Waals surface area contributed by atoms with Crippen LogP contribution in [-0.2, 0) is 30.4 Å². The molecule has 0 fully saturated rings. The zero-order valence-electron chi connectivity index (χ0n) is 17.5. The largest absolute Gasteiger partial charge is 0.493 e. The predicted octanol–water partition coefficient (Wildman–Crippen LogP) is 0.115. The maximum atomic E-state index is 6.44. The van der Waals surface area contributed by atoms with E-state index in [4.69, 9.17) is 47.6 Å². The third-order valence-electron chi connectivity index (χ3n) is 4.24. The summed E-state index contributed by atoms with van der Waals surface area (Å²) in [4.78, 5) is 0. The van der Waals surface area contributed by atoms with Crippen molar-refractivity contribution in [1.29, 1.82) is 0 Å². The lowest BCUT2D eigenvalue weighted by Gasteiger charge is -2.40. The van der Waals surface area contributed by atoms with Gasteiger partial charge >= 0.3 is 26.4 Å². The predicted molar refractivity (Wildman–Crippen MR) is 110 cm³/mol. The van der Waals surface area contributed by atoms with Gasteiger partial charge < -0.3 is 47.6 Å². The lowest BCUT2D eigenvalue weighted by atomic mass is 10.5. The third kappa shape index (κ3) is 8.65. The Hall–Kier alpha value is 0.251. The van der Waals surface area contributed by atoms with Crippen molar-refractivity contribution in [2.75, 3.05) is 55.2 Å². The van der Waals surface area contributed by atoms with Gasteiger partial charge in [0.2, 0.25) is 0 Å². The van der Waals surface area contributed by atoms with Crippen LogP contribution < -0.4 is 17.2 Å². The van der Waals surface area contributed by atoms with Gasteiger partial charge in [-0.3, -0.25) is 0 Å². The number of rotatable bonds is 18. The number of nitrogens with two attached hydrogens (primary N) is 3. The smallest absolute Gasteiger partial charge is 0.378 e. The highest BCUT2D eigenvalue weighted by Crippen LogP contribution is 2.31. The molecule has 0 aliphatic rings. The Kier molecular flexibility index (Phi) is 14.4. The highest BCUT2D eigenvalue weighted by Gasteiger charge is 2.57. The molecule has 0 rings (SSSR count). The van der Waals surface area contributed by atoms with E-state index in [1.54, 1.807) is 35.5 Å². The standard InChI is InChI=1S/C14H39N3O7Si3/c1-18-25(19-2,12-6-9-15)23-27(22-5,14-8-11-17)24-26(20-3,21-4)13-7-10-16/h6-17H2,1-5H3. The fourth-order valence-corrected chi connectivity index (χ4v) is 13.8. The Morgan fingerprint density at radius 3 is 0.963 bits per heavy atom. The van der Waals surface area contributed by atoms with Crippen LogP contribution in [0.2, 0.25) is 18.1 Å². The molecule has 164 valence electrons. The second-order valence-corrected chi connectivity index (χ2v) is 15.2. The number of hydrogen-bond acceptors (Lipinski definition) is 10. The average Bonchev–Trinajstić information content (AvgIpc) is 2.72. The Bertz CT molecular complexity index is 352. The Morgan fingerprint density at radius 1 is 0.481 bits per heavy atom. The van der Waals surface area contributed by atoms with Gasteiger partial charge in [0.1, 0.15) is 0 Å². The fourth-order valence-electron chi connectivity index (χ4n) is 2.58. The van der Waals surface area contributed by atoms with Crippen molar-refractivity contribution in [3.8, 4) is 0 Å². The van der Waals surface area contributed by atoms with Gasteiger partial charge in [-0.15, -0.1) is 0 Å². The van der Waals surface area contributed by atoms with Crippen LogP contribution >= 0.6 is 0 Å². The first-order valence-electron chi connectivity index (χ1n) is 9.16. The minimum atomic E-state index is -3.28. The molecular weight excluding hydrogens is 406 g/mol. The Morgan fingerprint density at radius 2 is 0.741 bits per heavy atom. The van der Waals surface area contributed by atoms with Crippen LogP contribution in [0, 0.1) is 0 Å². The zero-order valence-corrected chi connectivity index (χ0v) is 20.5. The van der Waals surface area contributed by atoms with Crippen molar-refractivity contribution in [2.45, 2.75) is 37.4 Å². The van der Waals surface area contributed by atoms with E-state index >= 15 is 0 Å². The molecule has 27 heavy (non-hydrogen) atoms. The molecule has 0 radical (unpaired) electrons. The van der Waals surface area contributed by atoms with Gasteiger partial charge in [-0.25, -0.2) is 0 Å². The average molecular weight is 446 g/mol. The third-order valence-corrected chi connectivity index (χ3v) is 15.2. The topological polar surface area (TPSA) is 143 Å². The summed E-state index contributed by atoms with van der Waals surface area (Å²) in [5.74, 6) is 0. The summed E-state index contributed by atoms with van der Waals surface area (Å²) < 4.78 is 41.5. The van der Waals surface area contributed by atoms with Crippen LogP contribution in [0.15, 0.2) is 0 Å². The van der Waals surface area contributed by atoms with E-state index in [9.17, 15) is 0 Å². The summed E-state index contributed by atoms with van der Waals surface area (Å²) in [6.45, 7) is 1.47. The summed E-state index contributed by atoms with van der Waals surface area (Å²) in [6.07, 6.45) is 2.05. The van der Waals surface area contributed by atoms with Crippen molar-refractivity contribution < 1.29 is 30.4 Å². The molecule has 0 amide bonds. The summed E-state index contributed by atoms with van der Waals surface area (Å²) in [5.41, 5.74) is 17.1. The summed E-state index contributed by atoms with van der Waals surface area (Å²) in [6, 6.07) is 1.60. The van der Waals surface area contributed by atoms with Crippen molar-refractivity contribution in [3.05, 3.63) is 0 Å². The molecule has 0 bridgehead atoms. The SMILES string of the molecule is CO[Si](CCCN)(OC)O[Si](CCCN)(OC)O[Si](CCCN)(OC)OC. The van der Waals surface area contributed by atoms with E-state index in [0.717, 1.165) is 0 Å². The van der Waals surface area contributed by atoms with Gasteiger partial charge in [0, 0.05) is 53.7 Å². The Balaban J connectivity index is 5.78. The molecule has 0 saturated carbocycles. The molecule has 0 aromatic rings. The molecule has 0 saturated heterocycles. The zero-order chi connectivity index (χ0) is 20.8. The van der Waals surface area contributed by atoms with Crippen LogP contribution in [0.1, 0.15) is 19.3 Å². The maximum Gasteiger partial charge on any atom is 0.493 e. The molecule has 6 N–H and O–H groups in total. The second kappa shape index (κ2) is 14.3. The second-order valence-electron chi connectivity index (χ2n) is 5.95. The molecule has 0 heterocycles. The number of hydrogen-bond donors (Lipinski definition) is 3. The lowest BCUT2D eigenvalue weighted by molar-refractivity contribution is 0.0697. The van der Waals surface area contributed by atoms with E-state index < -0.39 is 26.4 Å². The minimum absolute atomic E-state index is 0.472. The van der Waals surface area contributed by atoms with E-state index in [-0.39, 0.29) is 0 Å². The first kappa shape index (κ1) is 27.3. The summed E-state index contributed by atoms with van der Waals surface area (Å²) in [7, 11) is -1.56. The Labute approximate surface area is 167 Å². The quantitative estimate of drug-likeness (QED) is 0.249. The minimum Gasteiger partial charge on any atom is -0.378 e. The maximum absolute atomic E-state index is 6.44. The fraction of sp³-hybridized carbons (Fsp3) is 1.00. The first-order valence-corrected chi connectivity index (χ1v) is 15.0. The lowest BCUT2D eigenvalue weighted by Crippen LogP contribution is -2.63. The van der Waals surface area contributed by atoms with Gasteiger partial charge in [0.15, 0.2) is 0 Å². The van der Waals surface area contributed by atoms with E-state index in [0.29, 0.717) is 57.0 Å². The van der Waals surface area contributed by atoms with Crippen LogP contribution in [-0.4, -0.2) is 81.6 Å².